The molecule has 37 heavy (non-hydrogen) atoms. The van der Waals surface area contributed by atoms with Gasteiger partial charge in [0.1, 0.15) is 5.78 Å². The second-order valence-corrected chi connectivity index (χ2v) is 12.4. The SMILES string of the molecule is C=CC[C@H]1C(=O)C(C)(C)[C@H](O)CC(=O)N[C@H](c2ccc3sc(C)nc3c2)C/C=C(/C)CCC[C@H](C)[C@@H]1O. The summed E-state index contributed by atoms with van der Waals surface area (Å²) >= 11 is 1.64. The largest absolute Gasteiger partial charge is 0.392 e. The van der Waals surface area contributed by atoms with Gasteiger partial charge in [0.05, 0.1) is 45.3 Å². The lowest BCUT2D eigenvalue weighted by molar-refractivity contribution is -0.144. The maximum atomic E-state index is 13.6. The number of hydrogen-bond acceptors (Lipinski definition) is 6. The molecule has 5 atom stereocenters. The van der Waals surface area contributed by atoms with Crippen LogP contribution in [-0.2, 0) is 9.59 Å². The number of aliphatic hydroxyl groups is 2. The van der Waals surface area contributed by atoms with E-state index in [0.717, 1.165) is 40.1 Å². The van der Waals surface area contributed by atoms with Gasteiger partial charge in [-0.15, -0.1) is 17.9 Å². The number of carbonyl (C=O) groups is 2. The standard InChI is InChI=1S/C30H42N2O4S/c1-7-9-22-28(35)19(3)11-8-10-18(2)12-14-23(21-13-15-25-24(16-21)31-20(4)37-25)32-27(34)17-26(33)30(5,6)29(22)36/h7,12-13,15-16,19,22-23,26,28,33,35H,1,8-11,14,17H2,2-6H3,(H,32,34)/b18-12-/t19-,22+,23-,26+,28-/m0/s1. The Balaban J connectivity index is 1.93. The third-order valence-corrected chi connectivity index (χ3v) is 8.74. The monoisotopic (exact) mass is 526 g/mol. The highest BCUT2D eigenvalue weighted by molar-refractivity contribution is 7.18. The molecule has 1 aromatic heterocycles. The molecule has 3 rings (SSSR count). The number of allylic oxidation sites excluding steroid dienone is 2. The Morgan fingerprint density at radius 3 is 2.68 bits per heavy atom. The summed E-state index contributed by atoms with van der Waals surface area (Å²) in [6.45, 7) is 13.1. The van der Waals surface area contributed by atoms with Gasteiger partial charge in [-0.1, -0.05) is 44.6 Å². The van der Waals surface area contributed by atoms with Gasteiger partial charge in [-0.25, -0.2) is 4.98 Å². The molecular weight excluding hydrogens is 484 g/mol. The Kier molecular flexibility index (Phi) is 9.84. The molecule has 0 spiro atoms. The van der Waals surface area contributed by atoms with Gasteiger partial charge in [0.15, 0.2) is 0 Å². The average molecular weight is 527 g/mol. The van der Waals surface area contributed by atoms with E-state index in [1.807, 2.05) is 32.0 Å². The van der Waals surface area contributed by atoms with Gasteiger partial charge in [0.2, 0.25) is 5.91 Å². The first-order valence-corrected chi connectivity index (χ1v) is 14.1. The van der Waals surface area contributed by atoms with Crippen molar-refractivity contribution in [2.24, 2.45) is 17.3 Å². The molecule has 1 aromatic carbocycles. The van der Waals surface area contributed by atoms with Gasteiger partial charge in [-0.05, 0) is 69.6 Å². The first kappa shape index (κ1) is 29.2. The lowest BCUT2D eigenvalue weighted by Gasteiger charge is -2.35. The number of aryl methyl sites for hydroxylation is 1. The summed E-state index contributed by atoms with van der Waals surface area (Å²) in [5.41, 5.74) is 1.89. The van der Waals surface area contributed by atoms with Crippen LogP contribution in [0.15, 0.2) is 42.5 Å². The zero-order valence-corrected chi connectivity index (χ0v) is 23.6. The molecule has 2 heterocycles. The van der Waals surface area contributed by atoms with Crippen LogP contribution in [-0.4, -0.2) is 39.1 Å². The predicted molar refractivity (Wildman–Crippen MR) is 150 cm³/mol. The number of benzene rings is 1. The number of aliphatic hydroxyl groups excluding tert-OH is 2. The van der Waals surface area contributed by atoms with Crippen LogP contribution < -0.4 is 5.32 Å². The number of nitrogens with one attached hydrogen (secondary N) is 1. The van der Waals surface area contributed by atoms with E-state index in [0.29, 0.717) is 12.8 Å². The van der Waals surface area contributed by atoms with E-state index in [2.05, 4.69) is 29.9 Å². The van der Waals surface area contributed by atoms with E-state index in [1.54, 1.807) is 31.3 Å². The summed E-state index contributed by atoms with van der Waals surface area (Å²) in [5, 5.41) is 26.2. The van der Waals surface area contributed by atoms with Crippen LogP contribution in [0.1, 0.15) is 82.8 Å². The minimum Gasteiger partial charge on any atom is -0.392 e. The van der Waals surface area contributed by atoms with Crippen LogP contribution in [0.4, 0.5) is 0 Å². The van der Waals surface area contributed by atoms with E-state index in [-0.39, 0.29) is 30.1 Å². The number of hydrogen-bond donors (Lipinski definition) is 3. The fourth-order valence-corrected chi connectivity index (χ4v) is 5.96. The van der Waals surface area contributed by atoms with Crippen molar-refractivity contribution in [1.82, 2.24) is 10.3 Å². The second-order valence-electron chi connectivity index (χ2n) is 11.2. The number of carbonyl (C=O) groups excluding carboxylic acids is 2. The number of nitrogens with zero attached hydrogens (tertiary/aromatic N) is 1. The van der Waals surface area contributed by atoms with Crippen molar-refractivity contribution in [1.29, 1.82) is 0 Å². The van der Waals surface area contributed by atoms with Crippen molar-refractivity contribution >= 4 is 33.2 Å². The molecule has 0 aliphatic carbocycles. The molecule has 1 aliphatic rings. The zero-order valence-electron chi connectivity index (χ0n) is 22.8. The first-order chi connectivity index (χ1) is 17.4. The highest BCUT2D eigenvalue weighted by Crippen LogP contribution is 2.34. The first-order valence-electron chi connectivity index (χ1n) is 13.3. The van der Waals surface area contributed by atoms with E-state index in [9.17, 15) is 19.8 Å². The van der Waals surface area contributed by atoms with Crippen molar-refractivity contribution in [2.45, 2.75) is 91.4 Å². The Bertz CT molecular complexity index is 1150. The van der Waals surface area contributed by atoms with Crippen molar-refractivity contribution in [2.75, 3.05) is 0 Å². The van der Waals surface area contributed by atoms with Gasteiger partial charge in [-0.3, -0.25) is 9.59 Å². The highest BCUT2D eigenvalue weighted by Gasteiger charge is 2.43. The lowest BCUT2D eigenvalue weighted by Crippen LogP contribution is -2.47. The summed E-state index contributed by atoms with van der Waals surface area (Å²) in [7, 11) is 0. The Labute approximate surface area is 224 Å². The van der Waals surface area contributed by atoms with Gasteiger partial charge in [0.25, 0.3) is 0 Å². The van der Waals surface area contributed by atoms with Crippen LogP contribution in [0.5, 0.6) is 0 Å². The van der Waals surface area contributed by atoms with Crippen LogP contribution in [0.2, 0.25) is 0 Å². The normalized spacial score (nSPS) is 29.9. The molecule has 0 unspecified atom stereocenters. The molecule has 3 N–H and O–H groups in total. The number of Topliss-reactive ketones (excluding diaryl/α,β-unsaturated/α-hetero) is 1. The average Bonchev–Trinajstić information content (AvgIpc) is 3.22. The van der Waals surface area contributed by atoms with Crippen LogP contribution in [0.25, 0.3) is 10.2 Å². The molecule has 0 saturated heterocycles. The molecule has 0 saturated carbocycles. The van der Waals surface area contributed by atoms with E-state index in [1.165, 1.54) is 5.57 Å². The topological polar surface area (TPSA) is 99.5 Å². The molecule has 0 bridgehead atoms. The van der Waals surface area contributed by atoms with Crippen LogP contribution >= 0.6 is 11.3 Å². The molecule has 7 heteroatoms. The molecule has 6 nitrogen and oxygen atoms in total. The predicted octanol–water partition coefficient (Wildman–Crippen LogP) is 5.82. The summed E-state index contributed by atoms with van der Waals surface area (Å²) in [6.07, 6.45) is 5.08. The third-order valence-electron chi connectivity index (χ3n) is 7.79. The lowest BCUT2D eigenvalue weighted by atomic mass is 9.71. The van der Waals surface area contributed by atoms with Crippen LogP contribution in [0, 0.1) is 24.2 Å². The quantitative estimate of drug-likeness (QED) is 0.438. The van der Waals surface area contributed by atoms with Crippen molar-refractivity contribution in [3.63, 3.8) is 0 Å². The molecular formula is C30H42N2O4S. The Morgan fingerprint density at radius 2 is 1.97 bits per heavy atom. The van der Waals surface area contributed by atoms with Crippen LogP contribution in [0.3, 0.4) is 0 Å². The number of rotatable bonds is 3. The minimum absolute atomic E-state index is 0.0770. The molecule has 1 amide bonds. The molecule has 2 aromatic rings. The maximum absolute atomic E-state index is 13.6. The fraction of sp³-hybridized carbons (Fsp3) is 0.567. The Hall–Kier alpha value is -2.35. The summed E-state index contributed by atoms with van der Waals surface area (Å²) in [4.78, 5) is 31.3. The summed E-state index contributed by atoms with van der Waals surface area (Å²) in [6, 6.07) is 5.82. The fourth-order valence-electron chi connectivity index (χ4n) is 5.15. The van der Waals surface area contributed by atoms with Crippen molar-refractivity contribution in [3.05, 3.63) is 53.1 Å². The number of thiazole rings is 1. The summed E-state index contributed by atoms with van der Waals surface area (Å²) < 4.78 is 1.11. The molecule has 202 valence electrons. The molecule has 0 radical (unpaired) electrons. The molecule has 1 aliphatic heterocycles. The van der Waals surface area contributed by atoms with Gasteiger partial charge >= 0.3 is 0 Å². The summed E-state index contributed by atoms with van der Waals surface area (Å²) in [5.74, 6) is -1.31. The number of ketones is 1. The van der Waals surface area contributed by atoms with E-state index >= 15 is 0 Å². The number of amides is 1. The van der Waals surface area contributed by atoms with Gasteiger partial charge < -0.3 is 15.5 Å². The van der Waals surface area contributed by atoms with Crippen molar-refractivity contribution < 1.29 is 19.8 Å². The second kappa shape index (κ2) is 12.5. The maximum Gasteiger partial charge on any atom is 0.223 e. The number of fused-ring (bicyclic) bond motifs is 1. The third kappa shape index (κ3) is 7.15. The molecule has 0 fully saturated rings. The zero-order chi connectivity index (χ0) is 27.3. The van der Waals surface area contributed by atoms with Crippen molar-refractivity contribution in [3.8, 4) is 0 Å². The number of aromatic nitrogens is 1. The van der Waals surface area contributed by atoms with E-state index in [4.69, 9.17) is 0 Å². The minimum atomic E-state index is -1.20. The Morgan fingerprint density at radius 1 is 1.24 bits per heavy atom. The smallest absolute Gasteiger partial charge is 0.223 e. The van der Waals surface area contributed by atoms with Gasteiger partial charge in [-0.2, -0.15) is 0 Å². The highest BCUT2D eigenvalue weighted by atomic mass is 32.1. The van der Waals surface area contributed by atoms with Gasteiger partial charge in [0, 0.05) is 5.92 Å². The van der Waals surface area contributed by atoms with E-state index < -0.39 is 23.5 Å².